The predicted octanol–water partition coefficient (Wildman–Crippen LogP) is 4.78. The van der Waals surface area contributed by atoms with Crippen molar-refractivity contribution >= 4 is 11.4 Å². The molecule has 3 aromatic carbocycles. The Bertz CT molecular complexity index is 864. The molecule has 3 heteroatoms. The molecule has 0 aliphatic carbocycles. The second-order valence-corrected chi connectivity index (χ2v) is 6.02. The number of benzene rings is 3. The Morgan fingerprint density at radius 2 is 1.28 bits per heavy atom. The summed E-state index contributed by atoms with van der Waals surface area (Å²) >= 11 is 0. The highest BCUT2D eigenvalue weighted by molar-refractivity contribution is 5.80. The Kier molecular flexibility index (Phi) is 3.79. The molecule has 0 aromatic heterocycles. The van der Waals surface area contributed by atoms with Crippen LogP contribution in [0, 0.1) is 0 Å². The molecule has 3 aromatic rings. The van der Waals surface area contributed by atoms with Gasteiger partial charge in [0.25, 0.3) is 0 Å². The molecule has 0 fully saturated rings. The third kappa shape index (κ3) is 2.32. The van der Waals surface area contributed by atoms with Crippen molar-refractivity contribution in [1.29, 1.82) is 0 Å². The number of methoxy groups -OCH3 is 1. The summed E-state index contributed by atoms with van der Waals surface area (Å²) in [6, 6.07) is 27.2. The highest BCUT2D eigenvalue weighted by Crippen LogP contribution is 2.47. The highest BCUT2D eigenvalue weighted by Gasteiger charge is 2.44. The van der Waals surface area contributed by atoms with Crippen LogP contribution in [0.25, 0.3) is 5.76 Å². The Balaban J connectivity index is 2.06. The van der Waals surface area contributed by atoms with Crippen molar-refractivity contribution < 1.29 is 9.94 Å². The van der Waals surface area contributed by atoms with Crippen molar-refractivity contribution in [2.75, 3.05) is 12.2 Å². The maximum Gasteiger partial charge on any atom is 0.142 e. The molecule has 0 bridgehead atoms. The highest BCUT2D eigenvalue weighted by atomic mass is 16.5. The van der Waals surface area contributed by atoms with E-state index in [1.54, 1.807) is 7.11 Å². The van der Waals surface area contributed by atoms with E-state index in [2.05, 4.69) is 0 Å². The van der Waals surface area contributed by atoms with Crippen molar-refractivity contribution in [3.05, 3.63) is 108 Å². The lowest BCUT2D eigenvalue weighted by atomic mass is 9.78. The Morgan fingerprint density at radius 3 is 1.84 bits per heavy atom. The molecule has 0 N–H and O–H groups in total. The first-order valence-corrected chi connectivity index (χ1v) is 8.22. The summed E-state index contributed by atoms with van der Waals surface area (Å²) < 4.78 is 5.66. The molecule has 4 rings (SSSR count). The van der Waals surface area contributed by atoms with Crippen LogP contribution in [0.5, 0.6) is 0 Å². The van der Waals surface area contributed by atoms with Crippen molar-refractivity contribution in [2.24, 2.45) is 0 Å². The van der Waals surface area contributed by atoms with E-state index < -0.39 is 5.54 Å². The molecule has 1 aliphatic rings. The Labute approximate surface area is 147 Å². The molecule has 0 unspecified atom stereocenters. The lowest BCUT2D eigenvalue weighted by Gasteiger charge is -2.42. The molecule has 0 atom stereocenters. The van der Waals surface area contributed by atoms with Gasteiger partial charge in [-0.05, 0) is 29.3 Å². The zero-order valence-corrected chi connectivity index (χ0v) is 13.9. The van der Waals surface area contributed by atoms with Crippen molar-refractivity contribution in [2.45, 2.75) is 5.54 Å². The minimum atomic E-state index is -0.970. The van der Waals surface area contributed by atoms with Gasteiger partial charge < -0.3 is 4.74 Å². The summed E-state index contributed by atoms with van der Waals surface area (Å²) in [6.07, 6.45) is 1.92. The maximum atomic E-state index is 13.6. The number of hydrogen-bond acceptors (Lipinski definition) is 2. The van der Waals surface area contributed by atoms with Crippen molar-refractivity contribution in [3.8, 4) is 0 Å². The smallest absolute Gasteiger partial charge is 0.142 e. The minimum absolute atomic E-state index is 0.606. The number of fused-ring (bicyclic) bond motifs is 1. The first-order valence-electron chi connectivity index (χ1n) is 8.22. The Hall–Kier alpha value is -3.04. The van der Waals surface area contributed by atoms with E-state index in [-0.39, 0.29) is 0 Å². The molecular formula is C22H18NO2. The average molecular weight is 328 g/mol. The number of rotatable bonds is 3. The first kappa shape index (κ1) is 15.5. The number of hydroxylamine groups is 1. The monoisotopic (exact) mass is 328 g/mol. The molecule has 1 aliphatic heterocycles. The largest absolute Gasteiger partial charge is 0.496 e. The molecule has 1 heterocycles. The molecule has 25 heavy (non-hydrogen) atoms. The third-order valence-corrected chi connectivity index (χ3v) is 4.70. The zero-order chi connectivity index (χ0) is 17.3. The average Bonchev–Trinajstić information content (AvgIpc) is 2.70. The predicted molar refractivity (Wildman–Crippen MR) is 98.3 cm³/mol. The molecule has 0 saturated carbocycles. The number of anilines is 1. The van der Waals surface area contributed by atoms with Crippen molar-refractivity contribution in [3.63, 3.8) is 0 Å². The van der Waals surface area contributed by atoms with Gasteiger partial charge in [-0.3, -0.25) is 0 Å². The molecule has 3 nitrogen and oxygen atoms in total. The summed E-state index contributed by atoms with van der Waals surface area (Å²) in [5.74, 6) is 0.704. The summed E-state index contributed by atoms with van der Waals surface area (Å²) in [7, 11) is 1.64. The standard InChI is InChI=1S/C22H18NO2/c1-25-21-16-22(17-10-4-2-5-11-17,18-12-6-3-7-13-18)23(24)20-15-9-8-14-19(20)21/h2-16H,1H3. The van der Waals surface area contributed by atoms with Gasteiger partial charge >= 0.3 is 0 Å². The van der Waals surface area contributed by atoms with E-state index in [1.807, 2.05) is 91.0 Å². The van der Waals surface area contributed by atoms with Crippen LogP contribution in [0.15, 0.2) is 91.0 Å². The fourth-order valence-electron chi connectivity index (χ4n) is 3.50. The molecule has 0 spiro atoms. The lowest BCUT2D eigenvalue weighted by molar-refractivity contribution is 0.111. The normalized spacial score (nSPS) is 15.3. The van der Waals surface area contributed by atoms with Crippen LogP contribution in [-0.2, 0) is 15.5 Å². The minimum Gasteiger partial charge on any atom is -0.496 e. The number of nitrogens with zero attached hydrogens (tertiary/aromatic N) is 1. The van der Waals surface area contributed by atoms with E-state index in [9.17, 15) is 5.21 Å². The van der Waals surface area contributed by atoms with Crippen LogP contribution in [0.3, 0.4) is 0 Å². The van der Waals surface area contributed by atoms with E-state index in [0.29, 0.717) is 11.4 Å². The summed E-state index contributed by atoms with van der Waals surface area (Å²) in [4.78, 5) is 0. The van der Waals surface area contributed by atoms with Crippen LogP contribution in [0.1, 0.15) is 16.7 Å². The van der Waals surface area contributed by atoms with Gasteiger partial charge in [0, 0.05) is 5.56 Å². The zero-order valence-electron chi connectivity index (χ0n) is 13.9. The van der Waals surface area contributed by atoms with E-state index in [1.165, 1.54) is 0 Å². The summed E-state index contributed by atoms with van der Waals surface area (Å²) in [5.41, 5.74) is 2.25. The second kappa shape index (κ2) is 6.11. The van der Waals surface area contributed by atoms with Crippen LogP contribution < -0.4 is 5.06 Å². The topological polar surface area (TPSA) is 32.4 Å². The second-order valence-electron chi connectivity index (χ2n) is 6.02. The fourth-order valence-corrected chi connectivity index (χ4v) is 3.50. The molecular weight excluding hydrogens is 310 g/mol. The van der Waals surface area contributed by atoms with Gasteiger partial charge in [0.2, 0.25) is 0 Å². The summed E-state index contributed by atoms with van der Waals surface area (Å²) in [6.45, 7) is 0. The number of ether oxygens (including phenoxy) is 1. The maximum absolute atomic E-state index is 13.6. The molecule has 0 saturated heterocycles. The van der Waals surface area contributed by atoms with Gasteiger partial charge in [0.15, 0.2) is 0 Å². The van der Waals surface area contributed by atoms with Crippen LogP contribution in [0.2, 0.25) is 0 Å². The van der Waals surface area contributed by atoms with Gasteiger partial charge in [0.1, 0.15) is 11.3 Å². The third-order valence-electron chi connectivity index (χ3n) is 4.70. The number of para-hydroxylation sites is 1. The van der Waals surface area contributed by atoms with Gasteiger partial charge in [-0.15, -0.1) is 0 Å². The van der Waals surface area contributed by atoms with Crippen LogP contribution in [0.4, 0.5) is 5.69 Å². The SMILES string of the molecule is COC1=CC(c2ccccc2)(c2ccccc2)N([O])c2ccccc21. The van der Waals surface area contributed by atoms with Gasteiger partial charge in [-0.25, -0.2) is 5.06 Å². The first-order chi connectivity index (χ1) is 12.3. The van der Waals surface area contributed by atoms with Crippen LogP contribution in [-0.4, -0.2) is 7.11 Å². The van der Waals surface area contributed by atoms with Gasteiger partial charge in [-0.2, -0.15) is 0 Å². The van der Waals surface area contributed by atoms with E-state index in [4.69, 9.17) is 4.74 Å². The molecule has 123 valence electrons. The fraction of sp³-hybridized carbons (Fsp3) is 0.0909. The Morgan fingerprint density at radius 1 is 0.760 bits per heavy atom. The quantitative estimate of drug-likeness (QED) is 0.693. The van der Waals surface area contributed by atoms with E-state index in [0.717, 1.165) is 21.8 Å². The molecule has 0 amide bonds. The van der Waals surface area contributed by atoms with E-state index >= 15 is 0 Å². The van der Waals surface area contributed by atoms with Crippen molar-refractivity contribution in [1.82, 2.24) is 0 Å². The van der Waals surface area contributed by atoms with Gasteiger partial charge in [0.05, 0.1) is 12.8 Å². The summed E-state index contributed by atoms with van der Waals surface area (Å²) in [5, 5.41) is 14.7. The molecule has 1 radical (unpaired) electrons. The van der Waals surface area contributed by atoms with Crippen LogP contribution >= 0.6 is 0 Å². The lowest BCUT2D eigenvalue weighted by Crippen LogP contribution is -2.45. The number of hydrogen-bond donors (Lipinski definition) is 0. The van der Waals surface area contributed by atoms with Gasteiger partial charge in [-0.1, -0.05) is 78.0 Å².